The Labute approximate surface area is 144 Å². The van der Waals surface area contributed by atoms with Crippen LogP contribution in [0.1, 0.15) is 63.5 Å². The molecule has 0 bridgehead atoms. The van der Waals surface area contributed by atoms with E-state index in [1.54, 1.807) is 0 Å². The van der Waals surface area contributed by atoms with E-state index in [4.69, 9.17) is 0 Å². The predicted molar refractivity (Wildman–Crippen MR) is 96.4 cm³/mol. The first-order valence-electron chi connectivity index (χ1n) is 8.94. The highest BCUT2D eigenvalue weighted by Crippen LogP contribution is 2.19. The van der Waals surface area contributed by atoms with Gasteiger partial charge < -0.3 is 10.6 Å². The molecule has 4 heteroatoms. The van der Waals surface area contributed by atoms with Gasteiger partial charge in [0.05, 0.1) is 6.04 Å². The third-order valence-electron chi connectivity index (χ3n) is 4.41. The third kappa shape index (κ3) is 6.57. The summed E-state index contributed by atoms with van der Waals surface area (Å²) in [4.78, 5) is 23.8. The number of hydrogen-bond donors (Lipinski definition) is 2. The number of carbonyl (C=O) groups is 2. The molecule has 2 N–H and O–H groups in total. The molecule has 0 aliphatic heterocycles. The summed E-state index contributed by atoms with van der Waals surface area (Å²) in [7, 11) is 0. The smallest absolute Gasteiger partial charge is 0.220 e. The second kappa shape index (κ2) is 9.91. The van der Waals surface area contributed by atoms with E-state index in [0.717, 1.165) is 18.4 Å². The van der Waals surface area contributed by atoms with Crippen LogP contribution in [0, 0.1) is 0 Å². The molecule has 1 atom stereocenters. The van der Waals surface area contributed by atoms with Crippen molar-refractivity contribution in [3.63, 3.8) is 0 Å². The number of hydrogen-bond acceptors (Lipinski definition) is 2. The minimum absolute atomic E-state index is 0.0417. The van der Waals surface area contributed by atoms with Gasteiger partial charge in [0.15, 0.2) is 0 Å². The highest BCUT2D eigenvalue weighted by molar-refractivity contribution is 5.83. The Morgan fingerprint density at radius 3 is 2.54 bits per heavy atom. The summed E-state index contributed by atoms with van der Waals surface area (Å²) in [6.45, 7) is 2.62. The van der Waals surface area contributed by atoms with Gasteiger partial charge in [-0.15, -0.1) is 0 Å². The monoisotopic (exact) mass is 328 g/mol. The Hall–Kier alpha value is -2.10. The number of allylic oxidation sites excluding steroid dienone is 1. The summed E-state index contributed by atoms with van der Waals surface area (Å²) in [5.74, 6) is -0.134. The molecule has 1 aliphatic carbocycles. The zero-order valence-electron chi connectivity index (χ0n) is 14.5. The summed E-state index contributed by atoms with van der Waals surface area (Å²) in [6.07, 6.45) is 8.58. The van der Waals surface area contributed by atoms with Crippen molar-refractivity contribution in [1.29, 1.82) is 0 Å². The van der Waals surface area contributed by atoms with E-state index < -0.39 is 0 Å². The van der Waals surface area contributed by atoms with Crippen molar-refractivity contribution in [3.8, 4) is 0 Å². The van der Waals surface area contributed by atoms with E-state index in [9.17, 15) is 9.59 Å². The van der Waals surface area contributed by atoms with E-state index in [0.29, 0.717) is 6.54 Å². The molecule has 0 unspecified atom stereocenters. The average Bonchev–Trinajstić information content (AvgIpc) is 2.61. The summed E-state index contributed by atoms with van der Waals surface area (Å²) < 4.78 is 0. The summed E-state index contributed by atoms with van der Waals surface area (Å²) in [5, 5.41) is 5.84. The highest BCUT2D eigenvalue weighted by atomic mass is 16.2. The largest absolute Gasteiger partial charge is 0.356 e. The molecule has 1 aromatic carbocycles. The molecule has 0 radical (unpaired) electrons. The Kier molecular flexibility index (Phi) is 7.53. The van der Waals surface area contributed by atoms with E-state index >= 15 is 0 Å². The number of benzene rings is 1. The fourth-order valence-electron chi connectivity index (χ4n) is 2.95. The second-order valence-electron chi connectivity index (χ2n) is 6.41. The van der Waals surface area contributed by atoms with Gasteiger partial charge in [0.2, 0.25) is 11.8 Å². The van der Waals surface area contributed by atoms with Crippen molar-refractivity contribution in [2.75, 3.05) is 6.54 Å². The van der Waals surface area contributed by atoms with Gasteiger partial charge in [-0.1, -0.05) is 42.0 Å². The molecule has 1 aromatic rings. The van der Waals surface area contributed by atoms with Crippen LogP contribution in [0.4, 0.5) is 0 Å². The summed E-state index contributed by atoms with van der Waals surface area (Å²) >= 11 is 0. The van der Waals surface area contributed by atoms with Crippen LogP contribution in [0.5, 0.6) is 0 Å². The van der Waals surface area contributed by atoms with E-state index in [-0.39, 0.29) is 30.7 Å². The van der Waals surface area contributed by atoms with Crippen LogP contribution in [0.2, 0.25) is 0 Å². The fraction of sp³-hybridized carbons (Fsp3) is 0.500. The average molecular weight is 328 g/mol. The molecule has 0 aromatic heterocycles. The third-order valence-corrected chi connectivity index (χ3v) is 4.41. The lowest BCUT2D eigenvalue weighted by atomic mass is 9.97. The lowest BCUT2D eigenvalue weighted by molar-refractivity contribution is -0.126. The fourth-order valence-corrected chi connectivity index (χ4v) is 2.95. The van der Waals surface area contributed by atoms with Gasteiger partial charge >= 0.3 is 0 Å². The van der Waals surface area contributed by atoms with E-state index in [2.05, 4.69) is 16.7 Å². The van der Waals surface area contributed by atoms with Gasteiger partial charge in [-0.2, -0.15) is 0 Å². The minimum Gasteiger partial charge on any atom is -0.356 e. The van der Waals surface area contributed by atoms with Crippen molar-refractivity contribution in [2.45, 2.75) is 57.9 Å². The Morgan fingerprint density at radius 1 is 1.08 bits per heavy atom. The Bertz CT molecular complexity index is 566. The van der Waals surface area contributed by atoms with Crippen LogP contribution in [0.15, 0.2) is 42.0 Å². The van der Waals surface area contributed by atoms with E-state index in [1.807, 2.05) is 37.3 Å². The second-order valence-corrected chi connectivity index (χ2v) is 6.41. The molecule has 24 heavy (non-hydrogen) atoms. The molecule has 2 amide bonds. The van der Waals surface area contributed by atoms with Crippen molar-refractivity contribution in [3.05, 3.63) is 47.5 Å². The first-order valence-corrected chi connectivity index (χ1v) is 8.94. The van der Waals surface area contributed by atoms with Gasteiger partial charge in [-0.3, -0.25) is 9.59 Å². The molecular formula is C20H28N2O2. The molecule has 2 rings (SSSR count). The molecule has 0 saturated carbocycles. The topological polar surface area (TPSA) is 58.2 Å². The number of nitrogens with one attached hydrogen (secondary N) is 2. The van der Waals surface area contributed by atoms with Crippen LogP contribution >= 0.6 is 0 Å². The van der Waals surface area contributed by atoms with E-state index in [1.165, 1.54) is 24.8 Å². The maximum atomic E-state index is 12.0. The molecule has 0 spiro atoms. The molecular weight excluding hydrogens is 300 g/mol. The molecule has 0 saturated heterocycles. The minimum atomic E-state index is -0.0866. The lowest BCUT2D eigenvalue weighted by Gasteiger charge is -2.14. The normalized spacial score (nSPS) is 15.3. The van der Waals surface area contributed by atoms with Crippen molar-refractivity contribution < 1.29 is 9.59 Å². The van der Waals surface area contributed by atoms with Gasteiger partial charge in [-0.05, 0) is 44.6 Å². The lowest BCUT2D eigenvalue weighted by Crippen LogP contribution is -2.30. The maximum absolute atomic E-state index is 12.0. The SMILES string of the molecule is C[C@@H](NC(=O)CCC(=O)NCCC1=CCCCC1)c1ccccc1. The van der Waals surface area contributed by atoms with Gasteiger partial charge in [-0.25, -0.2) is 0 Å². The van der Waals surface area contributed by atoms with Crippen molar-refractivity contribution in [1.82, 2.24) is 10.6 Å². The standard InChI is InChI=1S/C20H28N2O2/c1-16(18-10-6-3-7-11-18)22-20(24)13-12-19(23)21-15-14-17-8-4-2-5-9-17/h3,6-8,10-11,16H,2,4-5,9,12-15H2,1H3,(H,21,23)(H,22,24)/t16-/m1/s1. The predicted octanol–water partition coefficient (Wildman–Crippen LogP) is 3.65. The zero-order chi connectivity index (χ0) is 17.2. The number of rotatable bonds is 8. The summed E-state index contributed by atoms with van der Waals surface area (Å²) in [5.41, 5.74) is 2.52. The number of carbonyl (C=O) groups excluding carboxylic acids is 2. The van der Waals surface area contributed by atoms with Crippen molar-refractivity contribution in [2.24, 2.45) is 0 Å². The van der Waals surface area contributed by atoms with Crippen molar-refractivity contribution >= 4 is 11.8 Å². The summed E-state index contributed by atoms with van der Waals surface area (Å²) in [6, 6.07) is 9.78. The molecule has 4 nitrogen and oxygen atoms in total. The quantitative estimate of drug-likeness (QED) is 0.716. The first-order chi connectivity index (χ1) is 11.6. The van der Waals surface area contributed by atoms with Gasteiger partial charge in [0.1, 0.15) is 0 Å². The van der Waals surface area contributed by atoms with Crippen LogP contribution in [-0.4, -0.2) is 18.4 Å². The molecule has 0 heterocycles. The molecule has 130 valence electrons. The van der Waals surface area contributed by atoms with Crippen LogP contribution < -0.4 is 10.6 Å². The zero-order valence-corrected chi connectivity index (χ0v) is 14.5. The van der Waals surface area contributed by atoms with Crippen LogP contribution in [0.3, 0.4) is 0 Å². The Morgan fingerprint density at radius 2 is 1.83 bits per heavy atom. The first kappa shape index (κ1) is 18.2. The molecule has 1 aliphatic rings. The highest BCUT2D eigenvalue weighted by Gasteiger charge is 2.11. The van der Waals surface area contributed by atoms with Crippen LogP contribution in [0.25, 0.3) is 0 Å². The molecule has 0 fully saturated rings. The van der Waals surface area contributed by atoms with Gasteiger partial charge in [0.25, 0.3) is 0 Å². The Balaban J connectivity index is 1.60. The number of amides is 2. The van der Waals surface area contributed by atoms with Crippen LogP contribution in [-0.2, 0) is 9.59 Å². The maximum Gasteiger partial charge on any atom is 0.220 e. The van der Waals surface area contributed by atoms with Gasteiger partial charge in [0, 0.05) is 19.4 Å².